The maximum absolute atomic E-state index is 12.8. The van der Waals surface area contributed by atoms with Gasteiger partial charge in [0.05, 0.1) is 23.8 Å². The number of rotatable bonds is 8. The Labute approximate surface area is 159 Å². The number of unbranched alkanes of at least 4 members (excludes halogenated alkanes) is 1. The average molecular weight is 388 g/mol. The molecule has 0 aliphatic rings. The quantitative estimate of drug-likeness (QED) is 0.326. The summed E-state index contributed by atoms with van der Waals surface area (Å²) in [7, 11) is 1.29. The highest BCUT2D eigenvalue weighted by atomic mass is 32.2. The van der Waals surface area contributed by atoms with E-state index in [0.717, 1.165) is 19.4 Å². The van der Waals surface area contributed by atoms with Gasteiger partial charge in [0.2, 0.25) is 0 Å². The lowest BCUT2D eigenvalue weighted by atomic mass is 10.2. The third-order valence-electron chi connectivity index (χ3n) is 4.00. The molecule has 0 aliphatic heterocycles. The summed E-state index contributed by atoms with van der Waals surface area (Å²) >= 11 is 1.31. The largest absolute Gasteiger partial charge is 0.468 e. The SMILES string of the molecule is CCCCn1nnnc1CSc1nc2ccccc2c(=O)n1CC(=O)OC. The van der Waals surface area contributed by atoms with Gasteiger partial charge >= 0.3 is 5.97 Å². The molecule has 3 rings (SSSR count). The molecule has 0 atom stereocenters. The summed E-state index contributed by atoms with van der Waals surface area (Å²) in [5, 5.41) is 12.7. The average Bonchev–Trinajstić information content (AvgIpc) is 3.14. The van der Waals surface area contributed by atoms with E-state index in [4.69, 9.17) is 4.74 Å². The third kappa shape index (κ3) is 4.33. The number of benzene rings is 1. The maximum Gasteiger partial charge on any atom is 0.325 e. The van der Waals surface area contributed by atoms with Gasteiger partial charge in [-0.2, -0.15) is 0 Å². The fraction of sp³-hybridized carbons (Fsp3) is 0.412. The van der Waals surface area contributed by atoms with E-state index in [1.807, 2.05) is 6.07 Å². The van der Waals surface area contributed by atoms with Crippen molar-refractivity contribution in [3.63, 3.8) is 0 Å². The van der Waals surface area contributed by atoms with E-state index in [1.54, 1.807) is 22.9 Å². The topological polar surface area (TPSA) is 105 Å². The van der Waals surface area contributed by atoms with Gasteiger partial charge in [-0.05, 0) is 29.0 Å². The first kappa shape index (κ1) is 19.0. The molecule has 10 heteroatoms. The number of carbonyl (C=O) groups excluding carboxylic acids is 1. The Morgan fingerprint density at radius 3 is 2.89 bits per heavy atom. The number of aryl methyl sites for hydroxylation is 1. The Hall–Kier alpha value is -2.75. The Balaban J connectivity index is 1.93. The molecule has 0 N–H and O–H groups in total. The Bertz CT molecular complexity index is 1000. The Morgan fingerprint density at radius 1 is 1.30 bits per heavy atom. The summed E-state index contributed by atoms with van der Waals surface area (Å²) < 4.78 is 7.80. The highest BCUT2D eigenvalue weighted by molar-refractivity contribution is 7.98. The van der Waals surface area contributed by atoms with E-state index in [0.29, 0.717) is 27.6 Å². The maximum atomic E-state index is 12.8. The van der Waals surface area contributed by atoms with Crippen LogP contribution >= 0.6 is 11.8 Å². The number of carbonyl (C=O) groups is 1. The predicted molar refractivity (Wildman–Crippen MR) is 100 cm³/mol. The second kappa shape index (κ2) is 8.76. The summed E-state index contributed by atoms with van der Waals surface area (Å²) in [6.07, 6.45) is 2.02. The van der Waals surface area contributed by atoms with Crippen molar-refractivity contribution in [2.45, 2.75) is 43.8 Å². The van der Waals surface area contributed by atoms with Crippen LogP contribution in [0.3, 0.4) is 0 Å². The van der Waals surface area contributed by atoms with Gasteiger partial charge in [-0.1, -0.05) is 37.2 Å². The molecule has 2 aromatic heterocycles. The Morgan fingerprint density at radius 2 is 2.11 bits per heavy atom. The molecule has 0 bridgehead atoms. The minimum atomic E-state index is -0.510. The second-order valence-corrected chi connectivity index (χ2v) is 6.78. The number of esters is 1. The predicted octanol–water partition coefficient (Wildman–Crippen LogP) is 1.65. The lowest BCUT2D eigenvalue weighted by Crippen LogP contribution is -2.27. The number of fused-ring (bicyclic) bond motifs is 1. The van der Waals surface area contributed by atoms with Crippen LogP contribution < -0.4 is 5.56 Å². The van der Waals surface area contributed by atoms with Gasteiger partial charge in [0.15, 0.2) is 11.0 Å². The molecule has 0 spiro atoms. The van der Waals surface area contributed by atoms with E-state index < -0.39 is 5.97 Å². The molecular formula is C17H20N6O3S. The van der Waals surface area contributed by atoms with Gasteiger partial charge in [0, 0.05) is 6.54 Å². The molecule has 0 amide bonds. The molecule has 1 aromatic carbocycles. The highest BCUT2D eigenvalue weighted by Crippen LogP contribution is 2.21. The van der Waals surface area contributed by atoms with Gasteiger partial charge in [-0.15, -0.1) is 5.10 Å². The van der Waals surface area contributed by atoms with Gasteiger partial charge in [0.25, 0.3) is 5.56 Å². The van der Waals surface area contributed by atoms with Gasteiger partial charge < -0.3 is 4.74 Å². The standard InChI is InChI=1S/C17H20N6O3S/c1-3-4-9-23-14(19-20-21-23)11-27-17-18-13-8-6-5-7-12(13)16(25)22(17)10-15(24)26-2/h5-8H,3-4,9-11H2,1-2H3. The van der Waals surface area contributed by atoms with Crippen LogP contribution in [0.25, 0.3) is 10.9 Å². The number of hydrogen-bond acceptors (Lipinski definition) is 8. The highest BCUT2D eigenvalue weighted by Gasteiger charge is 2.16. The molecular weight excluding hydrogens is 368 g/mol. The van der Waals surface area contributed by atoms with Gasteiger partial charge in [-0.25, -0.2) is 9.67 Å². The van der Waals surface area contributed by atoms with Gasteiger partial charge in [0.1, 0.15) is 6.54 Å². The zero-order valence-electron chi connectivity index (χ0n) is 15.2. The van der Waals surface area contributed by atoms with Crippen molar-refractivity contribution in [1.29, 1.82) is 0 Å². The third-order valence-corrected chi connectivity index (χ3v) is 4.97. The molecule has 2 heterocycles. The van der Waals surface area contributed by atoms with Crippen LogP contribution in [0.15, 0.2) is 34.2 Å². The number of tetrazole rings is 1. The zero-order valence-corrected chi connectivity index (χ0v) is 16.0. The smallest absolute Gasteiger partial charge is 0.325 e. The number of thioether (sulfide) groups is 1. The molecule has 0 fully saturated rings. The normalized spacial score (nSPS) is 11.0. The van der Waals surface area contributed by atoms with Crippen molar-refractivity contribution in [3.05, 3.63) is 40.4 Å². The first-order valence-corrected chi connectivity index (χ1v) is 9.56. The van der Waals surface area contributed by atoms with Crippen molar-refractivity contribution < 1.29 is 9.53 Å². The van der Waals surface area contributed by atoms with Crippen LogP contribution in [0.4, 0.5) is 0 Å². The summed E-state index contributed by atoms with van der Waals surface area (Å²) in [6, 6.07) is 7.05. The van der Waals surface area contributed by atoms with E-state index in [9.17, 15) is 9.59 Å². The van der Waals surface area contributed by atoms with Crippen LogP contribution in [-0.2, 0) is 28.4 Å². The number of aromatic nitrogens is 6. The van der Waals surface area contributed by atoms with E-state index in [1.165, 1.54) is 23.4 Å². The van der Waals surface area contributed by atoms with E-state index >= 15 is 0 Å². The van der Waals surface area contributed by atoms with E-state index in [-0.39, 0.29) is 12.1 Å². The summed E-state index contributed by atoms with van der Waals surface area (Å²) in [4.78, 5) is 29.2. The second-order valence-electron chi connectivity index (χ2n) is 5.84. The van der Waals surface area contributed by atoms with Crippen LogP contribution in [0, 0.1) is 0 Å². The van der Waals surface area contributed by atoms with Crippen molar-refractivity contribution in [2.24, 2.45) is 0 Å². The molecule has 0 aliphatic carbocycles. The minimum absolute atomic E-state index is 0.198. The van der Waals surface area contributed by atoms with Crippen LogP contribution in [-0.4, -0.2) is 42.8 Å². The van der Waals surface area contributed by atoms with Crippen LogP contribution in [0.5, 0.6) is 0 Å². The molecule has 9 nitrogen and oxygen atoms in total. The lowest BCUT2D eigenvalue weighted by Gasteiger charge is -2.12. The lowest BCUT2D eigenvalue weighted by molar-refractivity contribution is -0.141. The Kier molecular flexibility index (Phi) is 6.17. The van der Waals surface area contributed by atoms with Gasteiger partial charge in [-0.3, -0.25) is 14.2 Å². The number of ether oxygens (including phenoxy) is 1. The summed E-state index contributed by atoms with van der Waals surface area (Å²) in [5.74, 6) is 0.618. The number of nitrogens with zero attached hydrogens (tertiary/aromatic N) is 6. The summed E-state index contributed by atoms with van der Waals surface area (Å²) in [6.45, 7) is 2.64. The number of methoxy groups -OCH3 is 1. The van der Waals surface area contributed by atoms with Crippen molar-refractivity contribution in [2.75, 3.05) is 7.11 Å². The molecule has 27 heavy (non-hydrogen) atoms. The molecule has 0 saturated carbocycles. The van der Waals surface area contributed by atoms with Crippen molar-refractivity contribution >= 4 is 28.6 Å². The van der Waals surface area contributed by atoms with Crippen molar-refractivity contribution in [3.8, 4) is 0 Å². The monoisotopic (exact) mass is 388 g/mol. The summed E-state index contributed by atoms with van der Waals surface area (Å²) in [5.41, 5.74) is 0.302. The van der Waals surface area contributed by atoms with E-state index in [2.05, 4.69) is 27.4 Å². The van der Waals surface area contributed by atoms with Crippen LogP contribution in [0.1, 0.15) is 25.6 Å². The first-order chi connectivity index (χ1) is 13.1. The number of para-hydroxylation sites is 1. The number of hydrogen-bond donors (Lipinski definition) is 0. The first-order valence-electron chi connectivity index (χ1n) is 8.58. The molecule has 0 unspecified atom stereocenters. The fourth-order valence-corrected chi connectivity index (χ4v) is 3.46. The molecule has 0 radical (unpaired) electrons. The zero-order chi connectivity index (χ0) is 19.2. The molecule has 3 aromatic rings. The van der Waals surface area contributed by atoms with Crippen molar-refractivity contribution in [1.82, 2.24) is 29.8 Å². The fourth-order valence-electron chi connectivity index (χ4n) is 2.53. The molecule has 0 saturated heterocycles. The molecule has 142 valence electrons. The van der Waals surface area contributed by atoms with Crippen LogP contribution in [0.2, 0.25) is 0 Å². The minimum Gasteiger partial charge on any atom is -0.468 e.